The first-order valence-electron chi connectivity index (χ1n) is 10.2. The maximum atomic E-state index is 13.8. The van der Waals surface area contributed by atoms with Crippen molar-refractivity contribution in [2.75, 3.05) is 0 Å². The lowest BCUT2D eigenvalue weighted by atomic mass is 9.73. The Morgan fingerprint density at radius 2 is 1.39 bits per heavy atom. The molecule has 0 aromatic heterocycles. The first-order chi connectivity index (χ1) is 16.2. The quantitative estimate of drug-likeness (QED) is 0.482. The van der Waals surface area contributed by atoms with E-state index in [0.29, 0.717) is 24.3 Å². The summed E-state index contributed by atoms with van der Waals surface area (Å²) in [6.45, 7) is 2.40. The first-order valence-corrected chi connectivity index (χ1v) is 13.1. The van der Waals surface area contributed by atoms with Gasteiger partial charge in [0.25, 0.3) is 0 Å². The molecule has 0 saturated heterocycles. The van der Waals surface area contributed by atoms with Gasteiger partial charge in [-0.2, -0.15) is 26.3 Å². The van der Waals surface area contributed by atoms with Crippen molar-refractivity contribution in [3.05, 3.63) is 59.2 Å². The zero-order chi connectivity index (χ0) is 27.5. The second-order valence-corrected chi connectivity index (χ2v) is 13.2. The van der Waals surface area contributed by atoms with Gasteiger partial charge in [0, 0.05) is 6.04 Å². The van der Waals surface area contributed by atoms with E-state index in [2.05, 4.69) is 4.72 Å². The molecule has 0 amide bonds. The number of hydrogen-bond donors (Lipinski definition) is 1. The Labute approximate surface area is 201 Å². The monoisotopic (exact) mass is 565 g/mol. The van der Waals surface area contributed by atoms with Gasteiger partial charge in [0.2, 0.25) is 10.0 Å². The van der Waals surface area contributed by atoms with Gasteiger partial charge in [-0.1, -0.05) is 0 Å². The lowest BCUT2D eigenvalue weighted by Gasteiger charge is -2.44. The molecule has 0 atom stereocenters. The summed E-state index contributed by atoms with van der Waals surface area (Å²) in [4.78, 5) is -1.75. The smallest absolute Gasteiger partial charge is 0.223 e. The number of halogens is 8. The van der Waals surface area contributed by atoms with Gasteiger partial charge in [-0.25, -0.2) is 30.3 Å². The molecule has 2 aromatic carbocycles. The van der Waals surface area contributed by atoms with E-state index < -0.39 is 81.5 Å². The fourth-order valence-electron chi connectivity index (χ4n) is 3.86. The van der Waals surface area contributed by atoms with Gasteiger partial charge in [0.05, 0.1) is 25.7 Å². The molecular weight excluding hydrogens is 546 g/mol. The SMILES string of the molecule is CC(C)([C@H]1C[C@H](NS(=O)(=O)c2ccc(F)c(C(F)(F)F)c2)C1)S(=O)(=O)c1cc(F)cc(C(F)(F)F)c1. The highest BCUT2D eigenvalue weighted by Gasteiger charge is 2.50. The molecule has 1 aliphatic carbocycles. The van der Waals surface area contributed by atoms with E-state index in [-0.39, 0.29) is 25.0 Å². The minimum absolute atomic E-state index is 0.125. The van der Waals surface area contributed by atoms with Crippen molar-refractivity contribution in [2.24, 2.45) is 5.92 Å². The van der Waals surface area contributed by atoms with E-state index in [1.165, 1.54) is 13.8 Å². The highest BCUT2D eigenvalue weighted by atomic mass is 32.2. The number of benzene rings is 2. The van der Waals surface area contributed by atoms with Crippen LogP contribution in [0.2, 0.25) is 0 Å². The molecule has 0 radical (unpaired) electrons. The Balaban J connectivity index is 1.79. The normalized spacial score (nSPS) is 19.7. The van der Waals surface area contributed by atoms with Gasteiger partial charge in [-0.15, -0.1) is 0 Å². The zero-order valence-corrected chi connectivity index (χ0v) is 20.1. The first kappa shape index (κ1) is 28.3. The molecule has 2 aromatic rings. The van der Waals surface area contributed by atoms with E-state index in [1.54, 1.807) is 0 Å². The van der Waals surface area contributed by atoms with Crippen LogP contribution in [0.25, 0.3) is 0 Å². The van der Waals surface area contributed by atoms with Crippen molar-refractivity contribution in [1.82, 2.24) is 4.72 Å². The molecule has 36 heavy (non-hydrogen) atoms. The van der Waals surface area contributed by atoms with Crippen molar-refractivity contribution in [3.63, 3.8) is 0 Å². The molecular formula is C21H19F8NO4S2. The lowest BCUT2D eigenvalue weighted by molar-refractivity contribution is -0.140. The summed E-state index contributed by atoms with van der Waals surface area (Å²) in [5.74, 6) is -3.86. The maximum absolute atomic E-state index is 13.8. The number of sulfone groups is 1. The Morgan fingerprint density at radius 1 is 0.806 bits per heavy atom. The van der Waals surface area contributed by atoms with Gasteiger partial charge in [0.1, 0.15) is 11.6 Å². The predicted molar refractivity (Wildman–Crippen MR) is 111 cm³/mol. The largest absolute Gasteiger partial charge is 0.419 e. The highest BCUT2D eigenvalue weighted by molar-refractivity contribution is 7.92. The molecule has 3 rings (SSSR count). The van der Waals surface area contributed by atoms with E-state index in [0.717, 1.165) is 0 Å². The van der Waals surface area contributed by atoms with Gasteiger partial charge >= 0.3 is 12.4 Å². The van der Waals surface area contributed by atoms with E-state index in [1.807, 2.05) is 0 Å². The summed E-state index contributed by atoms with van der Waals surface area (Å²) in [6, 6.07) is 1.13. The predicted octanol–water partition coefficient (Wildman–Crippen LogP) is 5.31. The van der Waals surface area contributed by atoms with Crippen LogP contribution in [0.1, 0.15) is 37.8 Å². The molecule has 1 aliphatic rings. The van der Waals surface area contributed by atoms with Crippen molar-refractivity contribution in [2.45, 2.75) is 59.6 Å². The third-order valence-electron chi connectivity index (χ3n) is 6.20. The van der Waals surface area contributed by atoms with Crippen LogP contribution in [0.5, 0.6) is 0 Å². The van der Waals surface area contributed by atoms with Crippen LogP contribution in [0, 0.1) is 17.6 Å². The molecule has 0 bridgehead atoms. The van der Waals surface area contributed by atoms with Crippen molar-refractivity contribution in [3.8, 4) is 0 Å². The molecule has 200 valence electrons. The average Bonchev–Trinajstić information content (AvgIpc) is 2.68. The molecule has 0 unspecified atom stereocenters. The summed E-state index contributed by atoms with van der Waals surface area (Å²) in [5, 5.41) is 0. The van der Waals surface area contributed by atoms with E-state index in [4.69, 9.17) is 0 Å². The molecule has 0 heterocycles. The summed E-state index contributed by atoms with van der Waals surface area (Å²) in [5.41, 5.74) is -3.27. The van der Waals surface area contributed by atoms with Gasteiger partial charge in [-0.05, 0) is 69.0 Å². The van der Waals surface area contributed by atoms with Gasteiger partial charge in [-0.3, -0.25) is 0 Å². The van der Waals surface area contributed by atoms with E-state index in [9.17, 15) is 52.0 Å². The molecule has 0 aliphatic heterocycles. The Hall–Kier alpha value is -2.26. The van der Waals surface area contributed by atoms with Crippen LogP contribution in [0.15, 0.2) is 46.2 Å². The topological polar surface area (TPSA) is 80.3 Å². The van der Waals surface area contributed by atoms with E-state index >= 15 is 0 Å². The maximum Gasteiger partial charge on any atom is 0.419 e. The zero-order valence-electron chi connectivity index (χ0n) is 18.5. The fourth-order valence-corrected chi connectivity index (χ4v) is 6.94. The number of rotatable bonds is 6. The van der Waals surface area contributed by atoms with Gasteiger partial charge < -0.3 is 0 Å². The second kappa shape index (κ2) is 8.94. The highest BCUT2D eigenvalue weighted by Crippen LogP contribution is 2.44. The minimum atomic E-state index is -5.14. The summed E-state index contributed by atoms with van der Waals surface area (Å²) in [7, 11) is -9.08. The molecule has 1 fully saturated rings. The van der Waals surface area contributed by atoms with Crippen LogP contribution in [0.4, 0.5) is 35.1 Å². The van der Waals surface area contributed by atoms with Crippen LogP contribution in [0.3, 0.4) is 0 Å². The van der Waals surface area contributed by atoms with Crippen LogP contribution in [-0.2, 0) is 32.2 Å². The number of nitrogens with one attached hydrogen (secondary N) is 1. The fraction of sp³-hybridized carbons (Fsp3) is 0.429. The van der Waals surface area contributed by atoms with Crippen LogP contribution < -0.4 is 4.72 Å². The number of alkyl halides is 6. The molecule has 1 N–H and O–H groups in total. The van der Waals surface area contributed by atoms with Gasteiger partial charge in [0.15, 0.2) is 9.84 Å². The van der Waals surface area contributed by atoms with Crippen molar-refractivity contribution < 1.29 is 52.0 Å². The molecule has 1 saturated carbocycles. The molecule has 0 spiro atoms. The summed E-state index contributed by atoms with van der Waals surface area (Å²) < 4.78 is 157. The number of sulfonamides is 1. The Morgan fingerprint density at radius 3 is 1.92 bits per heavy atom. The summed E-state index contributed by atoms with van der Waals surface area (Å²) in [6.07, 6.45) is -10.4. The Kier molecular flexibility index (Phi) is 7.03. The molecule has 5 nitrogen and oxygen atoms in total. The Bertz CT molecular complexity index is 1380. The average molecular weight is 566 g/mol. The lowest BCUT2D eigenvalue weighted by Crippen LogP contribution is -2.53. The minimum Gasteiger partial charge on any atom is -0.223 e. The number of hydrogen-bond acceptors (Lipinski definition) is 4. The third kappa shape index (κ3) is 5.37. The van der Waals surface area contributed by atoms with Crippen LogP contribution in [-0.4, -0.2) is 27.6 Å². The standard InChI is InChI=1S/C21H19F8NO4S2/c1-19(2,35(31,32)16-8-12(20(24,25)26)5-13(22)9-16)11-6-14(7-11)30-36(33,34)15-3-4-18(23)17(10-15)21(27,28)29/h3-5,8-11,14,30H,6-7H2,1-2H3/t11-,14-. The van der Waals surface area contributed by atoms with Crippen LogP contribution >= 0.6 is 0 Å². The second-order valence-electron chi connectivity index (χ2n) is 8.91. The van der Waals surface area contributed by atoms with Crippen molar-refractivity contribution in [1.29, 1.82) is 0 Å². The third-order valence-corrected chi connectivity index (χ3v) is 10.3. The summed E-state index contributed by atoms with van der Waals surface area (Å²) >= 11 is 0. The van der Waals surface area contributed by atoms with Crippen molar-refractivity contribution >= 4 is 19.9 Å². The molecule has 15 heteroatoms.